The van der Waals surface area contributed by atoms with Gasteiger partial charge in [0, 0.05) is 34.3 Å². The number of hydrogen-bond acceptors (Lipinski definition) is 5. The number of halogens is 1. The van der Waals surface area contributed by atoms with Crippen LogP contribution in [0, 0.1) is 11.8 Å². The average Bonchev–Trinajstić information content (AvgIpc) is 3.05. The van der Waals surface area contributed by atoms with Crippen molar-refractivity contribution in [2.45, 2.75) is 81.5 Å². The Kier molecular flexibility index (Phi) is 7.58. The van der Waals surface area contributed by atoms with Gasteiger partial charge in [-0.05, 0) is 123 Å². The summed E-state index contributed by atoms with van der Waals surface area (Å²) in [4.78, 5) is 15.7. The molecule has 2 aromatic rings. The maximum absolute atomic E-state index is 13.2. The minimum absolute atomic E-state index is 0.0516. The maximum atomic E-state index is 13.2. The number of anilines is 1. The summed E-state index contributed by atoms with van der Waals surface area (Å²) in [7, 11) is 0. The van der Waals surface area contributed by atoms with E-state index in [-0.39, 0.29) is 17.4 Å². The fourth-order valence-corrected chi connectivity index (χ4v) is 8.21. The highest BCUT2D eigenvalue weighted by Crippen LogP contribution is 2.47. The fraction of sp³-hybridized carbons (Fsp3) is 0.581. The molecule has 2 aliphatic heterocycles. The Morgan fingerprint density at radius 3 is 2.87 bits per heavy atom. The van der Waals surface area contributed by atoms with Gasteiger partial charge in [0.25, 0.3) is 5.91 Å². The number of carbonyl (C=O) groups excluding carboxylic acids is 1. The van der Waals surface area contributed by atoms with E-state index in [1.807, 2.05) is 24.3 Å². The van der Waals surface area contributed by atoms with Crippen LogP contribution in [0.15, 0.2) is 36.4 Å². The van der Waals surface area contributed by atoms with Crippen LogP contribution in [0.25, 0.3) is 0 Å². The summed E-state index contributed by atoms with van der Waals surface area (Å²) in [6.45, 7) is 4.49. The normalized spacial score (nSPS) is 31.4. The van der Waals surface area contributed by atoms with E-state index in [0.29, 0.717) is 29.3 Å². The van der Waals surface area contributed by atoms with E-state index < -0.39 is 0 Å². The van der Waals surface area contributed by atoms with Crippen LogP contribution in [0.2, 0.25) is 5.02 Å². The molecule has 38 heavy (non-hydrogen) atoms. The molecule has 0 radical (unpaired) electrons. The summed E-state index contributed by atoms with van der Waals surface area (Å²) in [5, 5.41) is 12.3. The van der Waals surface area contributed by atoms with Crippen LogP contribution in [0.1, 0.15) is 79.8 Å². The summed E-state index contributed by atoms with van der Waals surface area (Å²) < 4.78 is 9.69. The topological polar surface area (TPSA) is 61.8 Å². The zero-order valence-corrected chi connectivity index (χ0v) is 23.8. The number of hydrogen-bond donors (Lipinski definition) is 2. The third-order valence-corrected chi connectivity index (χ3v) is 11.0. The molecular weight excluding hydrogens is 516 g/mol. The minimum atomic E-state index is -0.253. The quantitative estimate of drug-likeness (QED) is 0.392. The lowest BCUT2D eigenvalue weighted by atomic mass is 9.68. The molecule has 2 N–H and O–H groups in total. The largest absolute Gasteiger partial charge is 0.490 e. The Bertz CT molecular complexity index is 1190. The molecule has 1 amide bonds. The van der Waals surface area contributed by atoms with Crippen molar-refractivity contribution in [1.29, 1.82) is 0 Å². The molecule has 2 bridgehead atoms. The Morgan fingerprint density at radius 1 is 1.16 bits per heavy atom. The number of nitrogens with zero attached hydrogens (tertiary/aromatic N) is 1. The number of ether oxygens (including phenoxy) is 1. The number of carbonyl (C=O) groups is 1. The molecule has 4 aliphatic rings. The number of rotatable bonds is 1. The molecule has 0 unspecified atom stereocenters. The molecule has 6 rings (SSSR count). The molecule has 204 valence electrons. The molecule has 2 heterocycles. The first-order valence-electron chi connectivity index (χ1n) is 14.4. The average molecular weight is 555 g/mol. The van der Waals surface area contributed by atoms with Crippen molar-refractivity contribution >= 4 is 35.1 Å². The molecule has 1 fully saturated rings. The van der Waals surface area contributed by atoms with Crippen molar-refractivity contribution in [3.05, 3.63) is 58.1 Å². The summed E-state index contributed by atoms with van der Waals surface area (Å²) >= 11 is 7.93. The predicted octanol–water partition coefficient (Wildman–Crippen LogP) is 6.54. The first-order chi connectivity index (χ1) is 18.5. The van der Waals surface area contributed by atoms with Crippen LogP contribution in [-0.4, -0.2) is 42.1 Å². The number of amides is 1. The van der Waals surface area contributed by atoms with Gasteiger partial charge in [0.05, 0.1) is 18.4 Å². The van der Waals surface area contributed by atoms with E-state index in [4.69, 9.17) is 16.3 Å². The Balaban J connectivity index is 1.38. The van der Waals surface area contributed by atoms with Crippen molar-refractivity contribution in [2.24, 2.45) is 11.8 Å². The third-order valence-electron chi connectivity index (χ3n) is 9.52. The zero-order valence-electron chi connectivity index (χ0n) is 22.3. The minimum Gasteiger partial charge on any atom is -0.490 e. The molecule has 7 heteroatoms. The van der Waals surface area contributed by atoms with Gasteiger partial charge >= 0.3 is 0 Å². The van der Waals surface area contributed by atoms with Crippen molar-refractivity contribution in [2.75, 3.05) is 24.6 Å². The zero-order chi connectivity index (χ0) is 26.3. The second-order valence-electron chi connectivity index (χ2n) is 11.9. The van der Waals surface area contributed by atoms with E-state index in [2.05, 4.69) is 28.7 Å². The lowest BCUT2D eigenvalue weighted by Crippen LogP contribution is -2.49. The predicted molar refractivity (Wildman–Crippen MR) is 155 cm³/mol. The second kappa shape index (κ2) is 10.9. The van der Waals surface area contributed by atoms with Crippen LogP contribution in [0.4, 0.5) is 5.69 Å². The molecule has 0 aromatic heterocycles. The molecule has 5 nitrogen and oxygen atoms in total. The fourth-order valence-electron chi connectivity index (χ4n) is 7.18. The highest BCUT2D eigenvalue weighted by atomic mass is 35.5. The van der Waals surface area contributed by atoms with Crippen molar-refractivity contribution in [3.8, 4) is 5.75 Å². The highest BCUT2D eigenvalue weighted by Gasteiger charge is 2.44. The monoisotopic (exact) mass is 554 g/mol. The number of nitrogens with one attached hydrogen (secondary N) is 1. The first-order valence-corrected chi connectivity index (χ1v) is 15.7. The standard InChI is InChI=1S/C31H39ClN2O3S/c1-2-24-6-3-7-28(35)25-11-8-22(25)17-34-18-31(14-4-5-20-15-23(32)10-12-26(20)31)19-37-29-13-9-21(16-27(29)34)30(36)33-38-24/h9-10,12-13,15-16,22,24-25,28,35H,2-8,11,14,17-19H2,1H3,(H,33,36)/t22-,24+,25+,28-,31-/m0/s1. The first kappa shape index (κ1) is 26.3. The Hall–Kier alpha value is -1.89. The third kappa shape index (κ3) is 5.04. The van der Waals surface area contributed by atoms with Gasteiger partial charge in [-0.1, -0.05) is 24.6 Å². The number of aliphatic hydroxyl groups excluding tert-OH is 1. The lowest BCUT2D eigenvalue weighted by molar-refractivity contribution is 0.00910. The SMILES string of the molecule is CC[C@@H]1CCC[C@H](O)[C@@H]2CC[C@H]2CN2C[C@@]3(CCCc4cc(Cl)ccc43)COc3ccc(cc32)C(=O)NS1. The molecule has 2 aliphatic carbocycles. The molecule has 1 spiro atoms. The smallest absolute Gasteiger partial charge is 0.261 e. The van der Waals surface area contributed by atoms with E-state index in [1.165, 1.54) is 23.1 Å². The number of benzene rings is 2. The Morgan fingerprint density at radius 2 is 2.05 bits per heavy atom. The van der Waals surface area contributed by atoms with Crippen LogP contribution in [0.5, 0.6) is 5.75 Å². The summed E-state index contributed by atoms with van der Waals surface area (Å²) in [6.07, 6.45) is 9.03. The van der Waals surface area contributed by atoms with Crippen LogP contribution in [-0.2, 0) is 11.8 Å². The summed E-state index contributed by atoms with van der Waals surface area (Å²) in [5.41, 5.74) is 4.22. The van der Waals surface area contributed by atoms with Gasteiger partial charge in [-0.3, -0.25) is 9.52 Å². The number of fused-ring (bicyclic) bond motifs is 4. The Labute approximate surface area is 235 Å². The lowest BCUT2D eigenvalue weighted by Gasteiger charge is -2.45. The summed E-state index contributed by atoms with van der Waals surface area (Å²) in [5.74, 6) is 1.58. The van der Waals surface area contributed by atoms with Crippen LogP contribution < -0.4 is 14.4 Å². The highest BCUT2D eigenvalue weighted by molar-refractivity contribution is 7.98. The van der Waals surface area contributed by atoms with Gasteiger partial charge in [-0.25, -0.2) is 0 Å². The van der Waals surface area contributed by atoms with Crippen molar-refractivity contribution in [3.63, 3.8) is 0 Å². The van der Waals surface area contributed by atoms with Crippen molar-refractivity contribution in [1.82, 2.24) is 4.72 Å². The van der Waals surface area contributed by atoms with Gasteiger partial charge in [0.1, 0.15) is 5.75 Å². The molecule has 1 saturated carbocycles. The molecular formula is C31H39ClN2O3S. The van der Waals surface area contributed by atoms with Gasteiger partial charge in [-0.15, -0.1) is 0 Å². The van der Waals surface area contributed by atoms with Crippen molar-refractivity contribution < 1.29 is 14.6 Å². The molecule has 0 saturated heterocycles. The van der Waals surface area contributed by atoms with E-state index >= 15 is 0 Å². The van der Waals surface area contributed by atoms with E-state index in [9.17, 15) is 9.90 Å². The summed E-state index contributed by atoms with van der Waals surface area (Å²) in [6, 6.07) is 12.3. The van der Waals surface area contributed by atoms with Gasteiger partial charge in [0.15, 0.2) is 0 Å². The van der Waals surface area contributed by atoms with Gasteiger partial charge in [-0.2, -0.15) is 0 Å². The van der Waals surface area contributed by atoms with E-state index in [1.54, 1.807) is 0 Å². The van der Waals surface area contributed by atoms with E-state index in [0.717, 1.165) is 87.3 Å². The maximum Gasteiger partial charge on any atom is 0.261 e. The molecule has 5 atom stereocenters. The number of aryl methyl sites for hydroxylation is 1. The number of aliphatic hydroxyl groups is 1. The van der Waals surface area contributed by atoms with Gasteiger partial charge in [0.2, 0.25) is 0 Å². The molecule has 2 aromatic carbocycles. The van der Waals surface area contributed by atoms with Crippen LogP contribution >= 0.6 is 23.5 Å². The second-order valence-corrected chi connectivity index (χ2v) is 13.4. The van der Waals surface area contributed by atoms with Crippen LogP contribution in [0.3, 0.4) is 0 Å². The van der Waals surface area contributed by atoms with Gasteiger partial charge < -0.3 is 14.7 Å².